The number of anilines is 1. The minimum absolute atomic E-state index is 0.278. The second kappa shape index (κ2) is 5.89. The Bertz CT molecular complexity index is 532. The number of rotatable bonds is 4. The lowest BCUT2D eigenvalue weighted by Gasteiger charge is -2.14. The van der Waals surface area contributed by atoms with E-state index in [-0.39, 0.29) is 11.5 Å². The highest BCUT2D eigenvalue weighted by atomic mass is 16.5. The Labute approximate surface area is 116 Å². The predicted molar refractivity (Wildman–Crippen MR) is 72.6 cm³/mol. The first kappa shape index (κ1) is 14.3. The highest BCUT2D eigenvalue weighted by Gasteiger charge is 2.28. The van der Waals surface area contributed by atoms with Crippen molar-refractivity contribution in [2.24, 2.45) is 5.73 Å². The van der Waals surface area contributed by atoms with E-state index in [0.717, 1.165) is 0 Å². The van der Waals surface area contributed by atoms with Crippen LogP contribution in [0.3, 0.4) is 0 Å². The molecule has 7 nitrogen and oxygen atoms in total. The zero-order valence-electron chi connectivity index (χ0n) is 11.1. The molecule has 1 fully saturated rings. The molecule has 2 unspecified atom stereocenters. The SMILES string of the molecule is COc1ccc(C(N)=O)cc1NC(=O)C1CC(O)CN1. The van der Waals surface area contributed by atoms with Crippen molar-refractivity contribution in [2.75, 3.05) is 19.0 Å². The molecule has 108 valence electrons. The number of benzene rings is 1. The molecule has 5 N–H and O–H groups in total. The zero-order valence-corrected chi connectivity index (χ0v) is 11.1. The lowest BCUT2D eigenvalue weighted by Crippen LogP contribution is -2.35. The van der Waals surface area contributed by atoms with Crippen LogP contribution < -0.4 is 21.1 Å². The number of primary amides is 1. The Morgan fingerprint density at radius 1 is 1.50 bits per heavy atom. The molecule has 0 saturated carbocycles. The quantitative estimate of drug-likeness (QED) is 0.591. The first-order chi connectivity index (χ1) is 9.51. The Morgan fingerprint density at radius 2 is 2.25 bits per heavy atom. The maximum atomic E-state index is 12.1. The van der Waals surface area contributed by atoms with Gasteiger partial charge in [0.05, 0.1) is 24.9 Å². The van der Waals surface area contributed by atoms with Crippen LogP contribution in [0.4, 0.5) is 5.69 Å². The summed E-state index contributed by atoms with van der Waals surface area (Å²) in [4.78, 5) is 23.2. The third-order valence-electron chi connectivity index (χ3n) is 3.17. The molecule has 0 radical (unpaired) electrons. The van der Waals surface area contributed by atoms with Crippen LogP contribution in [-0.4, -0.2) is 42.7 Å². The largest absolute Gasteiger partial charge is 0.495 e. The average Bonchev–Trinajstić information content (AvgIpc) is 2.85. The van der Waals surface area contributed by atoms with E-state index in [2.05, 4.69) is 10.6 Å². The lowest BCUT2D eigenvalue weighted by molar-refractivity contribution is -0.117. The molecule has 7 heteroatoms. The Hall–Kier alpha value is -2.12. The van der Waals surface area contributed by atoms with Crippen molar-refractivity contribution in [1.29, 1.82) is 0 Å². The third-order valence-corrected chi connectivity index (χ3v) is 3.17. The fraction of sp³-hybridized carbons (Fsp3) is 0.385. The van der Waals surface area contributed by atoms with E-state index < -0.39 is 18.1 Å². The number of carbonyl (C=O) groups is 2. The summed E-state index contributed by atoms with van der Waals surface area (Å²) in [5.74, 6) is -0.444. The van der Waals surface area contributed by atoms with E-state index in [1.54, 1.807) is 6.07 Å². The minimum atomic E-state index is -0.586. The van der Waals surface area contributed by atoms with Gasteiger partial charge in [-0.25, -0.2) is 0 Å². The third kappa shape index (κ3) is 3.06. The van der Waals surface area contributed by atoms with E-state index in [0.29, 0.717) is 24.4 Å². The summed E-state index contributed by atoms with van der Waals surface area (Å²) < 4.78 is 5.13. The van der Waals surface area contributed by atoms with Gasteiger partial charge in [0.2, 0.25) is 11.8 Å². The molecule has 2 amide bonds. The van der Waals surface area contributed by atoms with Crippen molar-refractivity contribution in [1.82, 2.24) is 5.32 Å². The van der Waals surface area contributed by atoms with Crippen LogP contribution >= 0.6 is 0 Å². The molecule has 0 aliphatic carbocycles. The predicted octanol–water partition coefficient (Wildman–Crippen LogP) is -0.545. The van der Waals surface area contributed by atoms with Crippen molar-refractivity contribution >= 4 is 17.5 Å². The van der Waals surface area contributed by atoms with Crippen LogP contribution in [0.25, 0.3) is 0 Å². The number of amides is 2. The molecule has 0 bridgehead atoms. The number of hydrogen-bond acceptors (Lipinski definition) is 5. The number of nitrogens with one attached hydrogen (secondary N) is 2. The van der Waals surface area contributed by atoms with Crippen LogP contribution in [0.2, 0.25) is 0 Å². The molecule has 1 aliphatic rings. The summed E-state index contributed by atoms with van der Waals surface area (Å²) in [6, 6.07) is 4.08. The van der Waals surface area contributed by atoms with E-state index in [9.17, 15) is 14.7 Å². The molecule has 0 spiro atoms. The van der Waals surface area contributed by atoms with Gasteiger partial charge in [-0.05, 0) is 24.6 Å². The maximum Gasteiger partial charge on any atom is 0.248 e. The van der Waals surface area contributed by atoms with Gasteiger partial charge in [-0.15, -0.1) is 0 Å². The summed E-state index contributed by atoms with van der Waals surface area (Å²) in [6.07, 6.45) is -0.173. The fourth-order valence-corrected chi connectivity index (χ4v) is 2.10. The van der Waals surface area contributed by atoms with Gasteiger partial charge in [0.15, 0.2) is 0 Å². The number of ether oxygens (including phenoxy) is 1. The van der Waals surface area contributed by atoms with Gasteiger partial charge in [-0.3, -0.25) is 9.59 Å². The smallest absolute Gasteiger partial charge is 0.248 e. The van der Waals surface area contributed by atoms with Gasteiger partial charge in [-0.1, -0.05) is 0 Å². The zero-order chi connectivity index (χ0) is 14.7. The first-order valence-electron chi connectivity index (χ1n) is 6.21. The van der Waals surface area contributed by atoms with Gasteiger partial charge < -0.3 is 26.2 Å². The Kier molecular flexibility index (Phi) is 4.21. The summed E-state index contributed by atoms with van der Waals surface area (Å²) in [6.45, 7) is 0.385. The Balaban J connectivity index is 2.16. The minimum Gasteiger partial charge on any atom is -0.495 e. The average molecular weight is 279 g/mol. The van der Waals surface area contributed by atoms with Gasteiger partial charge in [0, 0.05) is 12.1 Å². The van der Waals surface area contributed by atoms with E-state index in [1.165, 1.54) is 19.2 Å². The van der Waals surface area contributed by atoms with Gasteiger partial charge in [-0.2, -0.15) is 0 Å². The summed E-state index contributed by atoms with van der Waals surface area (Å²) in [5, 5.41) is 15.0. The van der Waals surface area contributed by atoms with Crippen LogP contribution in [-0.2, 0) is 4.79 Å². The van der Waals surface area contributed by atoms with Gasteiger partial charge in [0.25, 0.3) is 0 Å². The highest BCUT2D eigenvalue weighted by molar-refractivity contribution is 5.99. The summed E-state index contributed by atoms with van der Waals surface area (Å²) >= 11 is 0. The number of hydrogen-bond donors (Lipinski definition) is 4. The molecular formula is C13H17N3O4. The number of nitrogens with two attached hydrogens (primary N) is 1. The molecule has 1 saturated heterocycles. The molecule has 1 aromatic rings. The summed E-state index contributed by atoms with van der Waals surface area (Å²) in [7, 11) is 1.46. The summed E-state index contributed by atoms with van der Waals surface area (Å²) in [5.41, 5.74) is 5.86. The highest BCUT2D eigenvalue weighted by Crippen LogP contribution is 2.26. The van der Waals surface area contributed by atoms with Crippen molar-refractivity contribution in [2.45, 2.75) is 18.6 Å². The molecule has 20 heavy (non-hydrogen) atoms. The van der Waals surface area contributed by atoms with E-state index in [4.69, 9.17) is 10.5 Å². The molecule has 1 aromatic carbocycles. The fourth-order valence-electron chi connectivity index (χ4n) is 2.10. The standard InChI is InChI=1S/C13H17N3O4/c1-20-11-3-2-7(12(14)18)4-9(11)16-13(19)10-5-8(17)6-15-10/h2-4,8,10,15,17H,5-6H2,1H3,(H2,14,18)(H,16,19). The van der Waals surface area contributed by atoms with Crippen LogP contribution in [0, 0.1) is 0 Å². The lowest BCUT2D eigenvalue weighted by atomic mass is 10.1. The number of methoxy groups -OCH3 is 1. The van der Waals surface area contributed by atoms with Crippen LogP contribution in [0.5, 0.6) is 5.75 Å². The molecule has 2 atom stereocenters. The number of carbonyl (C=O) groups excluding carboxylic acids is 2. The Morgan fingerprint density at radius 3 is 2.80 bits per heavy atom. The monoisotopic (exact) mass is 279 g/mol. The number of aliphatic hydroxyl groups excluding tert-OH is 1. The second-order valence-electron chi connectivity index (χ2n) is 4.62. The maximum absolute atomic E-state index is 12.1. The van der Waals surface area contributed by atoms with Crippen molar-refractivity contribution in [3.8, 4) is 5.75 Å². The van der Waals surface area contributed by atoms with Gasteiger partial charge >= 0.3 is 0 Å². The van der Waals surface area contributed by atoms with Gasteiger partial charge in [0.1, 0.15) is 5.75 Å². The molecular weight excluding hydrogens is 262 g/mol. The van der Waals surface area contributed by atoms with Crippen molar-refractivity contribution in [3.63, 3.8) is 0 Å². The number of β-amino-alcohol motifs (C(OH)–C–C–N with tert-alkyl or cyclic N) is 1. The van der Waals surface area contributed by atoms with E-state index >= 15 is 0 Å². The molecule has 0 aromatic heterocycles. The topological polar surface area (TPSA) is 114 Å². The normalized spacial score (nSPS) is 21.5. The molecule has 1 heterocycles. The molecule has 2 rings (SSSR count). The van der Waals surface area contributed by atoms with E-state index in [1.807, 2.05) is 0 Å². The van der Waals surface area contributed by atoms with Crippen LogP contribution in [0.1, 0.15) is 16.8 Å². The number of aliphatic hydroxyl groups is 1. The molecule has 1 aliphatic heterocycles. The first-order valence-corrected chi connectivity index (χ1v) is 6.21. The van der Waals surface area contributed by atoms with Crippen molar-refractivity contribution in [3.05, 3.63) is 23.8 Å². The second-order valence-corrected chi connectivity index (χ2v) is 4.62. The van der Waals surface area contributed by atoms with Crippen molar-refractivity contribution < 1.29 is 19.4 Å². The van der Waals surface area contributed by atoms with Crippen LogP contribution in [0.15, 0.2) is 18.2 Å².